The van der Waals surface area contributed by atoms with Gasteiger partial charge in [-0.25, -0.2) is 5.10 Å². The zero-order valence-corrected chi connectivity index (χ0v) is 17.0. The summed E-state index contributed by atoms with van der Waals surface area (Å²) in [5.74, 6) is 0.552. The van der Waals surface area contributed by atoms with E-state index >= 15 is 0 Å². The van der Waals surface area contributed by atoms with Crippen LogP contribution in [-0.4, -0.2) is 31.3 Å². The Balaban J connectivity index is 1.63. The third-order valence-corrected chi connectivity index (χ3v) is 4.64. The summed E-state index contributed by atoms with van der Waals surface area (Å²) in [6.07, 6.45) is 3.65. The highest BCUT2D eigenvalue weighted by Crippen LogP contribution is 2.22. The Morgan fingerprint density at radius 3 is 2.46 bits per heavy atom. The normalized spacial score (nSPS) is 12.0. The van der Waals surface area contributed by atoms with Crippen molar-refractivity contribution in [2.75, 3.05) is 0 Å². The molecule has 28 heavy (non-hydrogen) atoms. The highest BCUT2D eigenvalue weighted by atomic mass is 79.9. The van der Waals surface area contributed by atoms with Crippen molar-refractivity contribution in [3.63, 3.8) is 0 Å². The number of aromatic nitrogens is 5. The van der Waals surface area contributed by atoms with Crippen molar-refractivity contribution in [2.24, 2.45) is 5.10 Å². The lowest BCUT2D eigenvalue weighted by molar-refractivity contribution is 0.866. The van der Waals surface area contributed by atoms with Crippen LogP contribution in [0.1, 0.15) is 5.56 Å². The van der Waals surface area contributed by atoms with Crippen LogP contribution in [-0.2, 0) is 0 Å². The van der Waals surface area contributed by atoms with Crippen molar-refractivity contribution in [3.8, 4) is 22.8 Å². The largest absolute Gasteiger partial charge is 0.274 e. The molecule has 0 atom stereocenters. The molecule has 0 aliphatic heterocycles. The number of halogens is 1. The quantitative estimate of drug-likeness (QED) is 0.321. The lowest BCUT2D eigenvalue weighted by atomic mass is 10.1. The monoisotopic (exact) mass is 450 g/mol. The molecule has 8 heteroatoms. The number of benzene rings is 2. The Bertz CT molecular complexity index is 1190. The fourth-order valence-corrected chi connectivity index (χ4v) is 3.16. The van der Waals surface area contributed by atoms with E-state index < -0.39 is 0 Å². The van der Waals surface area contributed by atoms with Gasteiger partial charge in [0.2, 0.25) is 10.6 Å². The molecule has 0 aliphatic carbocycles. The Morgan fingerprint density at radius 2 is 1.71 bits per heavy atom. The summed E-state index contributed by atoms with van der Waals surface area (Å²) in [5, 5.41) is 18.9. The molecule has 0 amide bonds. The molecule has 0 unspecified atom stereocenters. The maximum atomic E-state index is 5.32. The first-order chi connectivity index (χ1) is 13.7. The summed E-state index contributed by atoms with van der Waals surface area (Å²) in [7, 11) is 0. The Hall–Kier alpha value is -3.10. The lowest BCUT2D eigenvalue weighted by Crippen LogP contribution is -1.94. The molecule has 0 saturated carbocycles. The van der Waals surface area contributed by atoms with Gasteiger partial charge in [0.1, 0.15) is 5.69 Å². The number of rotatable bonds is 5. The second-order valence-corrected chi connectivity index (χ2v) is 7.18. The SMILES string of the molecule is S=c1[nH]nc(-c2cc(-c3ccccc3)n[nH]2)n1/N=C/C(Br)=C/c1ccccc1. The van der Waals surface area contributed by atoms with Gasteiger partial charge in [0.15, 0.2) is 0 Å². The summed E-state index contributed by atoms with van der Waals surface area (Å²) in [6, 6.07) is 21.8. The minimum absolute atomic E-state index is 0.391. The number of H-pyrrole nitrogens is 2. The van der Waals surface area contributed by atoms with E-state index in [1.807, 2.05) is 72.8 Å². The molecule has 0 aliphatic rings. The van der Waals surface area contributed by atoms with Crippen LogP contribution < -0.4 is 0 Å². The van der Waals surface area contributed by atoms with Gasteiger partial charge in [-0.15, -0.1) is 0 Å². The lowest BCUT2D eigenvalue weighted by Gasteiger charge is -1.98. The van der Waals surface area contributed by atoms with Crippen molar-refractivity contribution >= 4 is 40.4 Å². The first-order valence-corrected chi connectivity index (χ1v) is 9.66. The topological polar surface area (TPSA) is 74.7 Å². The van der Waals surface area contributed by atoms with Crippen LogP contribution in [0.5, 0.6) is 0 Å². The van der Waals surface area contributed by atoms with E-state index in [2.05, 4.69) is 41.4 Å². The maximum absolute atomic E-state index is 5.32. The summed E-state index contributed by atoms with van der Waals surface area (Å²) in [5.41, 5.74) is 3.62. The van der Waals surface area contributed by atoms with Crippen molar-refractivity contribution in [2.45, 2.75) is 0 Å². The summed E-state index contributed by atoms with van der Waals surface area (Å²) in [6.45, 7) is 0. The van der Waals surface area contributed by atoms with Crippen LogP contribution in [0, 0.1) is 4.77 Å². The highest BCUT2D eigenvalue weighted by molar-refractivity contribution is 9.12. The molecule has 0 radical (unpaired) electrons. The number of aromatic amines is 2. The van der Waals surface area contributed by atoms with E-state index in [4.69, 9.17) is 12.2 Å². The van der Waals surface area contributed by atoms with E-state index in [1.165, 1.54) is 0 Å². The second kappa shape index (κ2) is 8.28. The van der Waals surface area contributed by atoms with Gasteiger partial charge in [0.25, 0.3) is 0 Å². The van der Waals surface area contributed by atoms with Gasteiger partial charge in [-0.2, -0.15) is 20.0 Å². The standard InChI is InChI=1S/C20H15BrN6S/c21-16(11-14-7-3-1-4-8-14)13-22-27-19(25-26-20(27)28)18-12-17(23-24-18)15-9-5-2-6-10-15/h1-13H,(H,23,24)(H,26,28)/b16-11-,22-13+. The van der Waals surface area contributed by atoms with Gasteiger partial charge in [-0.3, -0.25) is 5.10 Å². The Morgan fingerprint density at radius 1 is 1.00 bits per heavy atom. The predicted molar refractivity (Wildman–Crippen MR) is 118 cm³/mol. The molecule has 4 aromatic rings. The molecule has 0 saturated heterocycles. The third-order valence-electron chi connectivity index (χ3n) is 3.94. The number of hydrogen-bond acceptors (Lipinski definition) is 4. The molecule has 2 aromatic carbocycles. The van der Waals surface area contributed by atoms with Crippen LogP contribution in [0.25, 0.3) is 28.9 Å². The summed E-state index contributed by atoms with van der Waals surface area (Å²) < 4.78 is 2.75. The zero-order valence-electron chi connectivity index (χ0n) is 14.6. The molecule has 0 spiro atoms. The van der Waals surface area contributed by atoms with Gasteiger partial charge < -0.3 is 0 Å². The molecular formula is C20H15BrN6S. The van der Waals surface area contributed by atoms with Gasteiger partial charge >= 0.3 is 0 Å². The van der Waals surface area contributed by atoms with Crippen LogP contribution in [0.4, 0.5) is 0 Å². The van der Waals surface area contributed by atoms with Crippen molar-refractivity contribution in [3.05, 3.63) is 81.5 Å². The Kier molecular flexibility index (Phi) is 5.41. The minimum atomic E-state index is 0.391. The molecule has 2 heterocycles. The molecule has 2 aromatic heterocycles. The number of hydrogen-bond donors (Lipinski definition) is 2. The Labute approximate surface area is 174 Å². The van der Waals surface area contributed by atoms with Gasteiger partial charge in [-0.05, 0) is 45.9 Å². The molecule has 0 fully saturated rings. The highest BCUT2D eigenvalue weighted by Gasteiger charge is 2.12. The average molecular weight is 451 g/mol. The predicted octanol–water partition coefficient (Wildman–Crippen LogP) is 5.27. The third kappa shape index (κ3) is 4.08. The van der Waals surface area contributed by atoms with Crippen LogP contribution in [0.2, 0.25) is 0 Å². The zero-order chi connectivity index (χ0) is 19.3. The van der Waals surface area contributed by atoms with E-state index in [1.54, 1.807) is 10.9 Å². The minimum Gasteiger partial charge on any atom is -0.274 e. The molecule has 0 bridgehead atoms. The average Bonchev–Trinajstić information content (AvgIpc) is 3.35. The van der Waals surface area contributed by atoms with Crippen LogP contribution in [0.15, 0.2) is 76.3 Å². The first-order valence-electron chi connectivity index (χ1n) is 8.46. The van der Waals surface area contributed by atoms with Crippen molar-refractivity contribution < 1.29 is 0 Å². The molecule has 4 rings (SSSR count). The van der Waals surface area contributed by atoms with Crippen LogP contribution in [0.3, 0.4) is 0 Å². The van der Waals surface area contributed by atoms with Gasteiger partial charge in [0, 0.05) is 10.0 Å². The van der Waals surface area contributed by atoms with Crippen molar-refractivity contribution in [1.82, 2.24) is 25.1 Å². The fourth-order valence-electron chi connectivity index (χ4n) is 2.62. The van der Waals surface area contributed by atoms with Crippen molar-refractivity contribution in [1.29, 1.82) is 0 Å². The molecule has 2 N–H and O–H groups in total. The summed E-state index contributed by atoms with van der Waals surface area (Å²) >= 11 is 8.83. The van der Waals surface area contributed by atoms with Crippen LogP contribution >= 0.6 is 28.1 Å². The smallest absolute Gasteiger partial charge is 0.216 e. The van der Waals surface area contributed by atoms with Gasteiger partial charge in [-0.1, -0.05) is 60.7 Å². The first kappa shape index (κ1) is 18.3. The molecule has 6 nitrogen and oxygen atoms in total. The summed E-state index contributed by atoms with van der Waals surface area (Å²) in [4.78, 5) is 0. The van der Waals surface area contributed by atoms with E-state index in [0.29, 0.717) is 16.3 Å². The molecular weight excluding hydrogens is 436 g/mol. The van der Waals surface area contributed by atoms with E-state index in [9.17, 15) is 0 Å². The fraction of sp³-hybridized carbons (Fsp3) is 0. The second-order valence-electron chi connectivity index (χ2n) is 5.88. The van der Waals surface area contributed by atoms with E-state index in [-0.39, 0.29) is 0 Å². The van der Waals surface area contributed by atoms with E-state index in [0.717, 1.165) is 21.3 Å². The number of nitrogens with zero attached hydrogens (tertiary/aromatic N) is 4. The number of nitrogens with one attached hydrogen (secondary N) is 2. The molecule has 138 valence electrons. The maximum Gasteiger partial charge on any atom is 0.216 e. The van der Waals surface area contributed by atoms with Gasteiger partial charge in [0.05, 0.1) is 11.9 Å². The number of allylic oxidation sites excluding steroid dienone is 1.